The number of rotatable bonds is 3. The number of hydrogen-bond donors (Lipinski definition) is 1. The molecule has 1 aromatic carbocycles. The Morgan fingerprint density at radius 3 is 2.60 bits per heavy atom. The van der Waals surface area contributed by atoms with Gasteiger partial charge in [-0.05, 0) is 45.8 Å². The van der Waals surface area contributed by atoms with E-state index in [1.54, 1.807) is 12.4 Å². The summed E-state index contributed by atoms with van der Waals surface area (Å²) >= 11 is 9.16. The third kappa shape index (κ3) is 3.86. The first-order valence-electron chi connectivity index (χ1n) is 5.56. The van der Waals surface area contributed by atoms with E-state index in [9.17, 15) is 13.2 Å². The maximum absolute atomic E-state index is 12.6. The van der Waals surface area contributed by atoms with Crippen LogP contribution in [-0.2, 0) is 12.7 Å². The third-order valence-corrected chi connectivity index (χ3v) is 3.30. The van der Waals surface area contributed by atoms with Crippen LogP contribution in [0.1, 0.15) is 11.1 Å². The molecule has 106 valence electrons. The molecule has 2 nitrogen and oxygen atoms in total. The van der Waals surface area contributed by atoms with E-state index >= 15 is 0 Å². The zero-order valence-electron chi connectivity index (χ0n) is 10.0. The van der Waals surface area contributed by atoms with Crippen molar-refractivity contribution in [2.45, 2.75) is 12.7 Å². The second-order valence-corrected chi connectivity index (χ2v) is 5.38. The van der Waals surface area contributed by atoms with E-state index in [4.69, 9.17) is 11.6 Å². The van der Waals surface area contributed by atoms with Gasteiger partial charge in [0.15, 0.2) is 0 Å². The normalized spacial score (nSPS) is 11.4. The lowest BCUT2D eigenvalue weighted by Crippen LogP contribution is -2.07. The minimum atomic E-state index is -4.39. The Morgan fingerprint density at radius 1 is 1.20 bits per heavy atom. The van der Waals surface area contributed by atoms with Crippen LogP contribution >= 0.6 is 27.5 Å². The molecule has 7 heteroatoms. The van der Waals surface area contributed by atoms with Crippen molar-refractivity contribution in [1.82, 2.24) is 4.98 Å². The van der Waals surface area contributed by atoms with Gasteiger partial charge in [-0.1, -0.05) is 11.6 Å². The molecule has 0 radical (unpaired) electrons. The Hall–Kier alpha value is -1.27. The van der Waals surface area contributed by atoms with E-state index in [-0.39, 0.29) is 10.7 Å². The van der Waals surface area contributed by atoms with E-state index < -0.39 is 11.7 Å². The fourth-order valence-corrected chi connectivity index (χ4v) is 2.18. The SMILES string of the molecule is FC(F)(F)c1ccc(Cl)c(NCc2cncc(Br)c2)c1. The average molecular weight is 366 g/mol. The van der Waals surface area contributed by atoms with E-state index in [2.05, 4.69) is 26.2 Å². The van der Waals surface area contributed by atoms with Gasteiger partial charge in [-0.15, -0.1) is 0 Å². The number of halogens is 5. The molecule has 0 atom stereocenters. The highest BCUT2D eigenvalue weighted by Gasteiger charge is 2.30. The van der Waals surface area contributed by atoms with Crippen LogP contribution < -0.4 is 5.32 Å². The number of anilines is 1. The molecular weight excluding hydrogens is 357 g/mol. The lowest BCUT2D eigenvalue weighted by molar-refractivity contribution is -0.137. The van der Waals surface area contributed by atoms with Crippen LogP contribution in [0.25, 0.3) is 0 Å². The zero-order valence-corrected chi connectivity index (χ0v) is 12.4. The van der Waals surface area contributed by atoms with Gasteiger partial charge in [-0.3, -0.25) is 4.98 Å². The first-order valence-corrected chi connectivity index (χ1v) is 6.73. The van der Waals surface area contributed by atoms with E-state index in [1.807, 2.05) is 6.07 Å². The fraction of sp³-hybridized carbons (Fsp3) is 0.154. The highest BCUT2D eigenvalue weighted by molar-refractivity contribution is 9.10. The molecule has 2 aromatic rings. The Balaban J connectivity index is 2.17. The van der Waals surface area contributed by atoms with Crippen LogP contribution in [0.15, 0.2) is 41.1 Å². The van der Waals surface area contributed by atoms with Crippen molar-refractivity contribution in [2.75, 3.05) is 5.32 Å². The Bertz CT molecular complexity index is 617. The summed E-state index contributed by atoms with van der Waals surface area (Å²) in [7, 11) is 0. The summed E-state index contributed by atoms with van der Waals surface area (Å²) in [6.45, 7) is 0.327. The fourth-order valence-electron chi connectivity index (χ4n) is 1.59. The first kappa shape index (κ1) is 15.1. The summed E-state index contributed by atoms with van der Waals surface area (Å²) < 4.78 is 38.7. The molecule has 0 aliphatic rings. The molecule has 0 fully saturated rings. The van der Waals surface area contributed by atoms with Gasteiger partial charge in [0.25, 0.3) is 0 Å². The maximum atomic E-state index is 12.6. The second-order valence-electron chi connectivity index (χ2n) is 4.06. The molecule has 0 spiro atoms. The Labute approximate surface area is 127 Å². The number of nitrogens with zero attached hydrogens (tertiary/aromatic N) is 1. The highest BCUT2D eigenvalue weighted by Crippen LogP contribution is 2.33. The van der Waals surface area contributed by atoms with Gasteiger partial charge in [0.1, 0.15) is 0 Å². The predicted octanol–water partition coefficient (Wildman–Crippen LogP) is 5.13. The molecule has 0 unspecified atom stereocenters. The monoisotopic (exact) mass is 364 g/mol. The van der Waals surface area contributed by atoms with Crippen LogP contribution in [-0.4, -0.2) is 4.98 Å². The van der Waals surface area contributed by atoms with Gasteiger partial charge in [0.2, 0.25) is 0 Å². The van der Waals surface area contributed by atoms with Gasteiger partial charge in [-0.25, -0.2) is 0 Å². The lowest BCUT2D eigenvalue weighted by Gasteiger charge is -2.12. The molecule has 0 saturated heterocycles. The highest BCUT2D eigenvalue weighted by atomic mass is 79.9. The van der Waals surface area contributed by atoms with E-state index in [1.165, 1.54) is 6.07 Å². The molecule has 1 aromatic heterocycles. The number of alkyl halides is 3. The van der Waals surface area contributed by atoms with Crippen LogP contribution in [0.5, 0.6) is 0 Å². The van der Waals surface area contributed by atoms with Crippen LogP contribution in [0, 0.1) is 0 Å². The van der Waals surface area contributed by atoms with E-state index in [0.717, 1.165) is 22.2 Å². The van der Waals surface area contributed by atoms with Crippen LogP contribution in [0.3, 0.4) is 0 Å². The molecule has 1 heterocycles. The maximum Gasteiger partial charge on any atom is 0.416 e. The van der Waals surface area contributed by atoms with Crippen molar-refractivity contribution in [3.8, 4) is 0 Å². The van der Waals surface area contributed by atoms with Crippen molar-refractivity contribution < 1.29 is 13.2 Å². The van der Waals surface area contributed by atoms with Gasteiger partial charge in [0.05, 0.1) is 16.3 Å². The molecule has 20 heavy (non-hydrogen) atoms. The summed E-state index contributed by atoms with van der Waals surface area (Å²) in [6.07, 6.45) is -1.14. The molecule has 0 bridgehead atoms. The topological polar surface area (TPSA) is 24.9 Å². The van der Waals surface area contributed by atoms with Crippen molar-refractivity contribution in [3.63, 3.8) is 0 Å². The van der Waals surface area contributed by atoms with Gasteiger partial charge in [-0.2, -0.15) is 13.2 Å². The Kier molecular flexibility index (Phi) is 4.55. The van der Waals surface area contributed by atoms with Crippen molar-refractivity contribution in [2.24, 2.45) is 0 Å². The number of pyridine rings is 1. The zero-order chi connectivity index (χ0) is 14.8. The van der Waals surface area contributed by atoms with E-state index in [0.29, 0.717) is 6.54 Å². The largest absolute Gasteiger partial charge is 0.416 e. The summed E-state index contributed by atoms with van der Waals surface area (Å²) in [4.78, 5) is 3.98. The minimum Gasteiger partial charge on any atom is -0.380 e. The molecule has 0 saturated carbocycles. The van der Waals surface area contributed by atoms with Gasteiger partial charge < -0.3 is 5.32 Å². The van der Waals surface area contributed by atoms with Crippen molar-refractivity contribution >= 4 is 33.2 Å². The molecule has 1 N–H and O–H groups in total. The standard InChI is InChI=1S/C13H9BrClF3N2/c14-10-3-8(5-19-7-10)6-20-12-4-9(13(16,17)18)1-2-11(12)15/h1-5,7,20H,6H2. The van der Waals surface area contributed by atoms with Gasteiger partial charge in [0, 0.05) is 23.4 Å². The summed E-state index contributed by atoms with van der Waals surface area (Å²) in [5.41, 5.74) is 0.325. The number of hydrogen-bond acceptors (Lipinski definition) is 2. The molecular formula is C13H9BrClF3N2. The quantitative estimate of drug-likeness (QED) is 0.816. The summed E-state index contributed by atoms with van der Waals surface area (Å²) in [6, 6.07) is 5.00. The van der Waals surface area contributed by atoms with Gasteiger partial charge >= 0.3 is 6.18 Å². The predicted molar refractivity (Wildman–Crippen MR) is 75.7 cm³/mol. The average Bonchev–Trinajstić information content (AvgIpc) is 2.36. The number of aromatic nitrogens is 1. The van der Waals surface area contributed by atoms with Crippen molar-refractivity contribution in [3.05, 3.63) is 57.3 Å². The molecule has 2 rings (SSSR count). The smallest absolute Gasteiger partial charge is 0.380 e. The molecule has 0 amide bonds. The first-order chi connectivity index (χ1) is 9.36. The van der Waals surface area contributed by atoms with Crippen LogP contribution in [0.2, 0.25) is 5.02 Å². The number of nitrogens with one attached hydrogen (secondary N) is 1. The summed E-state index contributed by atoms with van der Waals surface area (Å²) in [5.74, 6) is 0. The van der Waals surface area contributed by atoms with Crippen molar-refractivity contribution in [1.29, 1.82) is 0 Å². The van der Waals surface area contributed by atoms with Crippen LogP contribution in [0.4, 0.5) is 18.9 Å². The summed E-state index contributed by atoms with van der Waals surface area (Å²) in [5, 5.41) is 3.11. The Morgan fingerprint density at radius 2 is 1.95 bits per heavy atom. The number of benzene rings is 1. The second kappa shape index (κ2) is 6.01. The third-order valence-electron chi connectivity index (χ3n) is 2.54. The lowest BCUT2D eigenvalue weighted by atomic mass is 10.2. The minimum absolute atomic E-state index is 0.237. The molecule has 0 aliphatic heterocycles. The molecule has 0 aliphatic carbocycles.